The summed E-state index contributed by atoms with van der Waals surface area (Å²) < 4.78 is 19.0. The zero-order chi connectivity index (χ0) is 19.2. The normalized spacial score (nSPS) is 11.1. The van der Waals surface area contributed by atoms with E-state index in [0.29, 0.717) is 22.8 Å². The van der Waals surface area contributed by atoms with Crippen LogP contribution in [0, 0.1) is 17.1 Å². The number of furan rings is 1. The van der Waals surface area contributed by atoms with Crippen LogP contribution in [-0.2, 0) is 11.2 Å². The molecule has 1 heterocycles. The number of carbonyl (C=O) groups is 1. The van der Waals surface area contributed by atoms with Gasteiger partial charge in [0.1, 0.15) is 29.0 Å². The van der Waals surface area contributed by atoms with Gasteiger partial charge in [-0.3, -0.25) is 4.79 Å². The van der Waals surface area contributed by atoms with Gasteiger partial charge in [-0.1, -0.05) is 37.3 Å². The van der Waals surface area contributed by atoms with Gasteiger partial charge >= 0.3 is 0 Å². The third-order valence-corrected chi connectivity index (χ3v) is 4.03. The van der Waals surface area contributed by atoms with E-state index in [1.165, 1.54) is 18.2 Å². The fourth-order valence-corrected chi connectivity index (χ4v) is 2.66. The van der Waals surface area contributed by atoms with Crippen LogP contribution in [0.25, 0.3) is 17.4 Å². The first-order valence-corrected chi connectivity index (χ1v) is 8.47. The molecule has 3 aromatic rings. The molecule has 0 aliphatic rings. The van der Waals surface area contributed by atoms with Crippen LogP contribution < -0.4 is 5.32 Å². The van der Waals surface area contributed by atoms with Gasteiger partial charge in [-0.15, -0.1) is 0 Å². The van der Waals surface area contributed by atoms with Gasteiger partial charge in [0.25, 0.3) is 5.91 Å². The molecule has 0 fully saturated rings. The summed E-state index contributed by atoms with van der Waals surface area (Å²) in [4.78, 5) is 12.4. The lowest BCUT2D eigenvalue weighted by atomic mass is 10.1. The average molecular weight is 360 g/mol. The largest absolute Gasteiger partial charge is 0.457 e. The van der Waals surface area contributed by atoms with Crippen molar-refractivity contribution in [3.63, 3.8) is 0 Å². The lowest BCUT2D eigenvalue weighted by molar-refractivity contribution is -0.112. The molecule has 0 radical (unpaired) electrons. The van der Waals surface area contributed by atoms with Crippen molar-refractivity contribution >= 4 is 17.7 Å². The van der Waals surface area contributed by atoms with Crippen LogP contribution in [0.2, 0.25) is 0 Å². The Labute approximate surface area is 156 Å². The first-order chi connectivity index (χ1) is 13.1. The van der Waals surface area contributed by atoms with Crippen LogP contribution in [0.1, 0.15) is 18.2 Å². The van der Waals surface area contributed by atoms with E-state index in [1.54, 1.807) is 30.3 Å². The van der Waals surface area contributed by atoms with Crippen LogP contribution in [0.5, 0.6) is 0 Å². The smallest absolute Gasteiger partial charge is 0.266 e. The molecule has 27 heavy (non-hydrogen) atoms. The second kappa shape index (κ2) is 8.15. The van der Waals surface area contributed by atoms with E-state index in [4.69, 9.17) is 4.42 Å². The van der Waals surface area contributed by atoms with Crippen LogP contribution in [0.3, 0.4) is 0 Å². The lowest BCUT2D eigenvalue weighted by Gasteiger charge is -2.08. The summed E-state index contributed by atoms with van der Waals surface area (Å²) in [6, 6.07) is 18.6. The summed E-state index contributed by atoms with van der Waals surface area (Å²) in [5.41, 5.74) is 2.15. The molecule has 5 heteroatoms. The maximum absolute atomic E-state index is 13.3. The van der Waals surface area contributed by atoms with Gasteiger partial charge in [-0.2, -0.15) is 5.26 Å². The highest BCUT2D eigenvalue weighted by molar-refractivity contribution is 6.09. The SMILES string of the molecule is CCc1ccccc1NC(=O)/C(C#N)=C/c1ccc(-c2cccc(F)c2)o1. The number of amides is 1. The van der Waals surface area contributed by atoms with E-state index in [-0.39, 0.29) is 11.4 Å². The Kier molecular flexibility index (Phi) is 5.48. The van der Waals surface area contributed by atoms with Gasteiger partial charge in [0, 0.05) is 17.3 Å². The predicted octanol–water partition coefficient (Wildman–Crippen LogP) is 5.19. The minimum absolute atomic E-state index is 0.0824. The van der Waals surface area contributed by atoms with E-state index in [9.17, 15) is 14.4 Å². The molecule has 0 saturated carbocycles. The minimum Gasteiger partial charge on any atom is -0.457 e. The first kappa shape index (κ1) is 18.2. The number of aryl methyl sites for hydroxylation is 1. The number of para-hydroxylation sites is 1. The predicted molar refractivity (Wildman–Crippen MR) is 102 cm³/mol. The van der Waals surface area contributed by atoms with Crippen molar-refractivity contribution in [3.8, 4) is 17.4 Å². The standard InChI is InChI=1S/C22H17FN2O2/c1-2-15-6-3-4-9-20(15)25-22(26)17(14-24)13-19-10-11-21(27-19)16-7-5-8-18(23)12-16/h3-13H,2H2,1H3,(H,25,26)/b17-13+. The molecule has 1 N–H and O–H groups in total. The molecular weight excluding hydrogens is 343 g/mol. The quantitative estimate of drug-likeness (QED) is 0.503. The molecule has 0 unspecified atom stereocenters. The zero-order valence-corrected chi connectivity index (χ0v) is 14.7. The molecule has 1 amide bonds. The highest BCUT2D eigenvalue weighted by Crippen LogP contribution is 2.24. The Bertz CT molecular complexity index is 1040. The number of nitrogens with one attached hydrogen (secondary N) is 1. The molecular formula is C22H17FN2O2. The number of anilines is 1. The van der Waals surface area contributed by atoms with Crippen molar-refractivity contribution in [1.82, 2.24) is 0 Å². The van der Waals surface area contributed by atoms with Crippen molar-refractivity contribution < 1.29 is 13.6 Å². The Balaban J connectivity index is 1.82. The second-order valence-corrected chi connectivity index (χ2v) is 5.85. The Hall–Kier alpha value is -3.65. The summed E-state index contributed by atoms with van der Waals surface area (Å²) in [7, 11) is 0. The summed E-state index contributed by atoms with van der Waals surface area (Å²) in [6.45, 7) is 1.99. The summed E-state index contributed by atoms with van der Waals surface area (Å²) >= 11 is 0. The molecule has 0 aliphatic carbocycles. The molecule has 0 bridgehead atoms. The highest BCUT2D eigenvalue weighted by Gasteiger charge is 2.13. The van der Waals surface area contributed by atoms with Gasteiger partial charge in [0.05, 0.1) is 0 Å². The molecule has 134 valence electrons. The summed E-state index contributed by atoms with van der Waals surface area (Å²) in [6.07, 6.45) is 2.13. The Morgan fingerprint density at radius 1 is 1.19 bits per heavy atom. The highest BCUT2D eigenvalue weighted by atomic mass is 19.1. The van der Waals surface area contributed by atoms with Crippen molar-refractivity contribution in [2.75, 3.05) is 5.32 Å². The molecule has 0 spiro atoms. The number of hydrogen-bond donors (Lipinski definition) is 1. The monoisotopic (exact) mass is 360 g/mol. The number of carbonyl (C=O) groups excluding carboxylic acids is 1. The van der Waals surface area contributed by atoms with Gasteiger partial charge in [0.2, 0.25) is 0 Å². The molecule has 0 atom stereocenters. The number of benzene rings is 2. The number of hydrogen-bond acceptors (Lipinski definition) is 3. The first-order valence-electron chi connectivity index (χ1n) is 8.47. The summed E-state index contributed by atoms with van der Waals surface area (Å²) in [5, 5.41) is 12.1. The average Bonchev–Trinajstić information content (AvgIpc) is 3.15. The van der Waals surface area contributed by atoms with Crippen LogP contribution in [0.15, 0.2) is 70.7 Å². The molecule has 3 rings (SSSR count). The maximum atomic E-state index is 13.3. The van der Waals surface area contributed by atoms with E-state index in [0.717, 1.165) is 12.0 Å². The van der Waals surface area contributed by atoms with Crippen LogP contribution >= 0.6 is 0 Å². The third-order valence-electron chi connectivity index (χ3n) is 4.03. The lowest BCUT2D eigenvalue weighted by Crippen LogP contribution is -2.14. The van der Waals surface area contributed by atoms with Crippen molar-refractivity contribution in [1.29, 1.82) is 5.26 Å². The van der Waals surface area contributed by atoms with E-state index >= 15 is 0 Å². The van der Waals surface area contributed by atoms with Gasteiger partial charge < -0.3 is 9.73 Å². The number of nitrogens with zero attached hydrogens (tertiary/aromatic N) is 1. The Morgan fingerprint density at radius 3 is 2.74 bits per heavy atom. The van der Waals surface area contributed by atoms with Gasteiger partial charge in [-0.05, 0) is 42.3 Å². The van der Waals surface area contributed by atoms with E-state index < -0.39 is 5.91 Å². The van der Waals surface area contributed by atoms with Crippen molar-refractivity contribution in [2.24, 2.45) is 0 Å². The van der Waals surface area contributed by atoms with Crippen LogP contribution in [-0.4, -0.2) is 5.91 Å². The van der Waals surface area contributed by atoms with Crippen LogP contribution in [0.4, 0.5) is 10.1 Å². The number of nitriles is 1. The van der Waals surface area contributed by atoms with Gasteiger partial charge in [0.15, 0.2) is 0 Å². The summed E-state index contributed by atoms with van der Waals surface area (Å²) in [5.74, 6) is -0.0886. The van der Waals surface area contributed by atoms with E-state index in [1.807, 2.05) is 31.2 Å². The molecule has 0 aliphatic heterocycles. The number of halogens is 1. The maximum Gasteiger partial charge on any atom is 0.266 e. The molecule has 2 aromatic carbocycles. The second-order valence-electron chi connectivity index (χ2n) is 5.85. The topological polar surface area (TPSA) is 66.0 Å². The third kappa shape index (κ3) is 4.31. The molecule has 0 saturated heterocycles. The Morgan fingerprint density at radius 2 is 2.00 bits per heavy atom. The minimum atomic E-state index is -0.512. The fraction of sp³-hybridized carbons (Fsp3) is 0.0909. The number of rotatable bonds is 5. The van der Waals surface area contributed by atoms with Crippen molar-refractivity contribution in [2.45, 2.75) is 13.3 Å². The fourth-order valence-electron chi connectivity index (χ4n) is 2.66. The van der Waals surface area contributed by atoms with Gasteiger partial charge in [-0.25, -0.2) is 4.39 Å². The van der Waals surface area contributed by atoms with E-state index in [2.05, 4.69) is 5.32 Å². The van der Waals surface area contributed by atoms with Crippen molar-refractivity contribution in [3.05, 3.63) is 83.4 Å². The molecule has 1 aromatic heterocycles. The molecule has 4 nitrogen and oxygen atoms in total. The zero-order valence-electron chi connectivity index (χ0n) is 14.7.